The summed E-state index contributed by atoms with van der Waals surface area (Å²) in [6.45, 7) is 2.03. The van der Waals surface area contributed by atoms with Crippen molar-refractivity contribution < 1.29 is 14.3 Å². The summed E-state index contributed by atoms with van der Waals surface area (Å²) < 4.78 is 5.11. The van der Waals surface area contributed by atoms with Crippen LogP contribution in [0.25, 0.3) is 10.4 Å². The molecule has 1 aliphatic rings. The number of carbonyl (C=O) groups is 2. The van der Waals surface area contributed by atoms with Gasteiger partial charge in [0, 0.05) is 22.8 Å². The van der Waals surface area contributed by atoms with Gasteiger partial charge in [-0.2, -0.15) is 0 Å². The van der Waals surface area contributed by atoms with Gasteiger partial charge in [0.25, 0.3) is 0 Å². The molecule has 0 spiro atoms. The number of rotatable bonds is 4. The highest BCUT2D eigenvalue weighted by Gasteiger charge is 2.47. The monoisotopic (exact) mass is 391 g/mol. The number of esters is 1. The zero-order chi connectivity index (χ0) is 19.7. The molecule has 5 heteroatoms. The van der Waals surface area contributed by atoms with Crippen molar-refractivity contribution in [2.24, 2.45) is 0 Å². The van der Waals surface area contributed by atoms with Crippen molar-refractivity contribution in [2.75, 3.05) is 12.0 Å². The molecule has 4 nitrogen and oxygen atoms in total. The average Bonchev–Trinajstić information content (AvgIpc) is 3.36. The van der Waals surface area contributed by atoms with E-state index in [4.69, 9.17) is 4.74 Å². The standard InChI is InChI=1S/C23H21NO3S/c1-15-10-11-19(18(13-15)20-9-6-12-28-20)24-21(25)14-17(22(24)23(26)27-2)16-7-4-3-5-8-16/h3-13,17,22H,14H2,1-2H3/t17-,22+/m0/s1. The Kier molecular flexibility index (Phi) is 5.01. The number of amides is 1. The number of hydrogen-bond donors (Lipinski definition) is 0. The molecular weight excluding hydrogens is 370 g/mol. The van der Waals surface area contributed by atoms with Gasteiger partial charge >= 0.3 is 5.97 Å². The van der Waals surface area contributed by atoms with Crippen molar-refractivity contribution in [3.8, 4) is 10.4 Å². The molecule has 1 saturated heterocycles. The second kappa shape index (κ2) is 7.60. The molecule has 0 bridgehead atoms. The van der Waals surface area contributed by atoms with Crippen molar-refractivity contribution >= 4 is 28.9 Å². The van der Waals surface area contributed by atoms with Crippen molar-refractivity contribution in [3.63, 3.8) is 0 Å². The zero-order valence-corrected chi connectivity index (χ0v) is 16.6. The maximum Gasteiger partial charge on any atom is 0.329 e. The van der Waals surface area contributed by atoms with Gasteiger partial charge in [-0.15, -0.1) is 11.3 Å². The van der Waals surface area contributed by atoms with Crippen LogP contribution in [0, 0.1) is 6.92 Å². The molecule has 0 saturated carbocycles. The third-order valence-corrected chi connectivity index (χ3v) is 6.09. The third-order valence-electron chi connectivity index (χ3n) is 5.19. The summed E-state index contributed by atoms with van der Waals surface area (Å²) in [6, 6.07) is 19.0. The highest BCUT2D eigenvalue weighted by atomic mass is 32.1. The van der Waals surface area contributed by atoms with E-state index in [1.54, 1.807) is 16.2 Å². The minimum atomic E-state index is -0.679. The van der Waals surface area contributed by atoms with Crippen LogP contribution >= 0.6 is 11.3 Å². The van der Waals surface area contributed by atoms with Crippen LogP contribution in [-0.4, -0.2) is 25.0 Å². The van der Waals surface area contributed by atoms with E-state index >= 15 is 0 Å². The Bertz CT molecular complexity index is 998. The first-order valence-corrected chi connectivity index (χ1v) is 10.1. The summed E-state index contributed by atoms with van der Waals surface area (Å²) in [6.07, 6.45) is 0.279. The largest absolute Gasteiger partial charge is 0.467 e. The smallest absolute Gasteiger partial charge is 0.329 e. The van der Waals surface area contributed by atoms with Gasteiger partial charge in [0.05, 0.1) is 12.8 Å². The van der Waals surface area contributed by atoms with E-state index < -0.39 is 12.0 Å². The maximum absolute atomic E-state index is 13.1. The van der Waals surface area contributed by atoms with Gasteiger partial charge in [-0.25, -0.2) is 4.79 Å². The summed E-state index contributed by atoms with van der Waals surface area (Å²) in [5.74, 6) is -0.693. The number of nitrogens with zero attached hydrogens (tertiary/aromatic N) is 1. The molecule has 0 radical (unpaired) electrons. The fourth-order valence-electron chi connectivity index (χ4n) is 3.90. The number of thiophene rings is 1. The summed E-state index contributed by atoms with van der Waals surface area (Å²) in [7, 11) is 1.38. The Morgan fingerprint density at radius 2 is 1.89 bits per heavy atom. The van der Waals surface area contributed by atoms with E-state index in [9.17, 15) is 9.59 Å². The van der Waals surface area contributed by atoms with Gasteiger partial charge in [-0.1, -0.05) is 48.0 Å². The summed E-state index contributed by atoms with van der Waals surface area (Å²) in [5.41, 5.74) is 3.80. The topological polar surface area (TPSA) is 46.6 Å². The lowest BCUT2D eigenvalue weighted by atomic mass is 9.91. The molecule has 2 atom stereocenters. The van der Waals surface area contributed by atoms with Gasteiger partial charge in [0.2, 0.25) is 5.91 Å². The van der Waals surface area contributed by atoms with Crippen molar-refractivity contribution in [1.29, 1.82) is 0 Å². The second-order valence-electron chi connectivity index (χ2n) is 6.95. The van der Waals surface area contributed by atoms with Crippen molar-refractivity contribution in [3.05, 3.63) is 77.2 Å². The van der Waals surface area contributed by atoms with Gasteiger partial charge in [-0.3, -0.25) is 9.69 Å². The summed E-state index contributed by atoms with van der Waals surface area (Å²) in [4.78, 5) is 28.6. The van der Waals surface area contributed by atoms with Crippen LogP contribution in [0.2, 0.25) is 0 Å². The number of ether oxygens (including phenoxy) is 1. The fourth-order valence-corrected chi connectivity index (χ4v) is 4.65. The van der Waals surface area contributed by atoms with Crippen LogP contribution in [0.4, 0.5) is 5.69 Å². The maximum atomic E-state index is 13.1. The Hall–Kier alpha value is -2.92. The minimum absolute atomic E-state index is 0.0640. The van der Waals surface area contributed by atoms with Gasteiger partial charge in [0.15, 0.2) is 0 Å². The van der Waals surface area contributed by atoms with Crippen LogP contribution in [-0.2, 0) is 14.3 Å². The molecule has 3 aromatic rings. The summed E-state index contributed by atoms with van der Waals surface area (Å²) in [5, 5.41) is 2.01. The molecule has 28 heavy (non-hydrogen) atoms. The van der Waals surface area contributed by atoms with Crippen LogP contribution in [0.5, 0.6) is 0 Å². The molecule has 1 fully saturated rings. The number of methoxy groups -OCH3 is 1. The lowest BCUT2D eigenvalue weighted by Gasteiger charge is -2.28. The highest BCUT2D eigenvalue weighted by Crippen LogP contribution is 2.43. The van der Waals surface area contributed by atoms with E-state index in [1.165, 1.54) is 7.11 Å². The van der Waals surface area contributed by atoms with E-state index in [1.807, 2.05) is 66.9 Å². The number of anilines is 1. The molecule has 4 rings (SSSR count). The number of hydrogen-bond acceptors (Lipinski definition) is 4. The zero-order valence-electron chi connectivity index (χ0n) is 15.8. The van der Waals surface area contributed by atoms with E-state index in [2.05, 4.69) is 6.07 Å². The molecule has 0 N–H and O–H groups in total. The Morgan fingerprint density at radius 1 is 1.11 bits per heavy atom. The molecule has 0 unspecified atom stereocenters. The average molecular weight is 391 g/mol. The third kappa shape index (κ3) is 3.22. The molecule has 0 aliphatic carbocycles. The summed E-state index contributed by atoms with van der Waals surface area (Å²) >= 11 is 1.62. The lowest BCUT2D eigenvalue weighted by molar-refractivity contribution is -0.142. The van der Waals surface area contributed by atoms with Gasteiger partial charge in [0.1, 0.15) is 6.04 Å². The molecule has 1 aromatic heterocycles. The number of carbonyl (C=O) groups excluding carboxylic acids is 2. The first kappa shape index (κ1) is 18.4. The van der Waals surface area contributed by atoms with Gasteiger partial charge in [-0.05, 0) is 36.1 Å². The normalized spacial score (nSPS) is 19.1. The van der Waals surface area contributed by atoms with Crippen LogP contribution in [0.3, 0.4) is 0 Å². The molecule has 2 heterocycles. The lowest BCUT2D eigenvalue weighted by Crippen LogP contribution is -2.42. The molecule has 1 amide bonds. The minimum Gasteiger partial charge on any atom is -0.467 e. The van der Waals surface area contributed by atoms with E-state index in [0.717, 1.165) is 27.3 Å². The molecular formula is C23H21NO3S. The second-order valence-corrected chi connectivity index (χ2v) is 7.90. The SMILES string of the molecule is COC(=O)[C@H]1[C@H](c2ccccc2)CC(=O)N1c1ccc(C)cc1-c1cccs1. The van der Waals surface area contributed by atoms with Gasteiger partial charge < -0.3 is 4.74 Å². The molecule has 2 aromatic carbocycles. The van der Waals surface area contributed by atoms with Crippen molar-refractivity contribution in [1.82, 2.24) is 0 Å². The molecule has 1 aliphatic heterocycles. The number of benzene rings is 2. The highest BCUT2D eigenvalue weighted by molar-refractivity contribution is 7.13. The van der Waals surface area contributed by atoms with Crippen LogP contribution in [0.1, 0.15) is 23.5 Å². The number of aryl methyl sites for hydroxylation is 1. The van der Waals surface area contributed by atoms with E-state index in [0.29, 0.717) is 0 Å². The Labute approximate surface area is 168 Å². The fraction of sp³-hybridized carbons (Fsp3) is 0.217. The Morgan fingerprint density at radius 3 is 2.57 bits per heavy atom. The quantitative estimate of drug-likeness (QED) is 0.601. The predicted molar refractivity (Wildman–Crippen MR) is 112 cm³/mol. The van der Waals surface area contributed by atoms with Crippen LogP contribution < -0.4 is 4.90 Å². The molecule has 142 valence electrons. The Balaban J connectivity index is 1.85. The van der Waals surface area contributed by atoms with Crippen molar-refractivity contribution in [2.45, 2.75) is 25.3 Å². The van der Waals surface area contributed by atoms with Crippen LogP contribution in [0.15, 0.2) is 66.0 Å². The predicted octanol–water partition coefficient (Wildman–Crippen LogP) is 4.79. The first-order valence-electron chi connectivity index (χ1n) is 9.19. The first-order chi connectivity index (χ1) is 13.6. The van der Waals surface area contributed by atoms with E-state index in [-0.39, 0.29) is 18.2 Å².